The number of rotatable bonds is 5. The largest absolute Gasteiger partial charge is 0.494 e. The number of benzene rings is 2. The fourth-order valence-corrected chi connectivity index (χ4v) is 3.18. The summed E-state index contributed by atoms with van der Waals surface area (Å²) in [6.07, 6.45) is 0.220. The molecule has 1 aliphatic heterocycles. The van der Waals surface area contributed by atoms with Gasteiger partial charge in [0.25, 0.3) is 5.91 Å². The molecule has 5 nitrogen and oxygen atoms in total. The number of ether oxygens (including phenoxy) is 1. The summed E-state index contributed by atoms with van der Waals surface area (Å²) in [5, 5.41) is 0. The zero-order valence-electron chi connectivity index (χ0n) is 16.0. The molecule has 0 aliphatic carbocycles. The number of hydrogen-bond acceptors (Lipinski definition) is 3. The van der Waals surface area contributed by atoms with Gasteiger partial charge in [-0.15, -0.1) is 0 Å². The number of amides is 2. The average molecular weight is 406 g/mol. The van der Waals surface area contributed by atoms with Gasteiger partial charge in [-0.2, -0.15) is 0 Å². The van der Waals surface area contributed by atoms with Crippen LogP contribution < -0.4 is 4.74 Å². The van der Waals surface area contributed by atoms with Crippen molar-refractivity contribution < 1.29 is 27.5 Å². The molecule has 3 rings (SSSR count). The standard InChI is InChI=1S/C21H21F3N2O3/c1-2-29-15-5-3-14(4-6-15)13-18(27)25-9-11-26(12-10-25)21(28)16-7-8-17(22)20(24)19(16)23/h3-8H,2,9-13H2,1H3. The maximum absolute atomic E-state index is 13.9. The van der Waals surface area contributed by atoms with Crippen LogP contribution in [0.4, 0.5) is 13.2 Å². The first kappa shape index (κ1) is 20.7. The Morgan fingerprint density at radius 1 is 0.897 bits per heavy atom. The van der Waals surface area contributed by atoms with Crippen molar-refractivity contribution in [3.05, 3.63) is 65.0 Å². The van der Waals surface area contributed by atoms with Crippen molar-refractivity contribution in [2.24, 2.45) is 0 Å². The molecule has 154 valence electrons. The van der Waals surface area contributed by atoms with Crippen molar-refractivity contribution in [3.63, 3.8) is 0 Å². The van der Waals surface area contributed by atoms with Crippen LogP contribution in [0.1, 0.15) is 22.8 Å². The van der Waals surface area contributed by atoms with Crippen molar-refractivity contribution in [1.29, 1.82) is 0 Å². The Balaban J connectivity index is 1.56. The molecule has 1 aliphatic rings. The Bertz CT molecular complexity index is 895. The van der Waals surface area contributed by atoms with Crippen LogP contribution >= 0.6 is 0 Å². The fourth-order valence-electron chi connectivity index (χ4n) is 3.18. The second-order valence-corrected chi connectivity index (χ2v) is 6.65. The predicted octanol–water partition coefficient (Wildman–Crippen LogP) is 3.03. The van der Waals surface area contributed by atoms with E-state index in [2.05, 4.69) is 0 Å². The van der Waals surface area contributed by atoms with E-state index in [9.17, 15) is 22.8 Å². The molecule has 1 saturated heterocycles. The second kappa shape index (κ2) is 8.98. The molecule has 2 aromatic carbocycles. The van der Waals surface area contributed by atoms with Crippen LogP contribution in [0.2, 0.25) is 0 Å². The first-order chi connectivity index (χ1) is 13.9. The Hall–Kier alpha value is -3.03. The highest BCUT2D eigenvalue weighted by Gasteiger charge is 2.28. The number of nitrogens with zero attached hydrogens (tertiary/aromatic N) is 2. The van der Waals surface area contributed by atoms with E-state index < -0.39 is 28.9 Å². The highest BCUT2D eigenvalue weighted by Crippen LogP contribution is 2.18. The summed E-state index contributed by atoms with van der Waals surface area (Å²) in [5.74, 6) is -4.58. The van der Waals surface area contributed by atoms with Crippen LogP contribution in [0.15, 0.2) is 36.4 Å². The number of carbonyl (C=O) groups excluding carboxylic acids is 2. The van der Waals surface area contributed by atoms with Crippen LogP contribution in [0.3, 0.4) is 0 Å². The molecule has 0 unspecified atom stereocenters. The summed E-state index contributed by atoms with van der Waals surface area (Å²) >= 11 is 0. The van der Waals surface area contributed by atoms with Gasteiger partial charge in [0.15, 0.2) is 17.5 Å². The smallest absolute Gasteiger partial charge is 0.257 e. The van der Waals surface area contributed by atoms with Gasteiger partial charge in [-0.25, -0.2) is 13.2 Å². The lowest BCUT2D eigenvalue weighted by molar-refractivity contribution is -0.131. The molecule has 1 heterocycles. The van der Waals surface area contributed by atoms with Crippen LogP contribution in [0, 0.1) is 17.5 Å². The lowest BCUT2D eigenvalue weighted by Crippen LogP contribution is -2.51. The van der Waals surface area contributed by atoms with Crippen LogP contribution in [0.5, 0.6) is 5.75 Å². The second-order valence-electron chi connectivity index (χ2n) is 6.65. The van der Waals surface area contributed by atoms with Gasteiger partial charge in [0.05, 0.1) is 18.6 Å². The van der Waals surface area contributed by atoms with Gasteiger partial charge in [-0.1, -0.05) is 12.1 Å². The fraction of sp³-hybridized carbons (Fsp3) is 0.333. The van der Waals surface area contributed by atoms with Crippen molar-refractivity contribution in [2.75, 3.05) is 32.8 Å². The van der Waals surface area contributed by atoms with Crippen LogP contribution in [-0.4, -0.2) is 54.4 Å². The summed E-state index contributed by atoms with van der Waals surface area (Å²) in [5.41, 5.74) is 0.332. The molecule has 0 atom stereocenters. The molecule has 0 bridgehead atoms. The number of hydrogen-bond donors (Lipinski definition) is 0. The SMILES string of the molecule is CCOc1ccc(CC(=O)N2CCN(C(=O)c3ccc(F)c(F)c3F)CC2)cc1. The number of halogens is 3. The highest BCUT2D eigenvalue weighted by molar-refractivity contribution is 5.94. The molecule has 0 saturated carbocycles. The summed E-state index contributed by atoms with van der Waals surface area (Å²) in [4.78, 5) is 27.9. The van der Waals surface area contributed by atoms with Gasteiger partial charge in [0, 0.05) is 26.2 Å². The molecule has 0 spiro atoms. The first-order valence-corrected chi connectivity index (χ1v) is 9.33. The summed E-state index contributed by atoms with van der Waals surface area (Å²) in [6.45, 7) is 3.40. The van der Waals surface area contributed by atoms with E-state index in [-0.39, 0.29) is 38.5 Å². The Morgan fingerprint density at radius 2 is 1.52 bits per heavy atom. The Kier molecular flexibility index (Phi) is 6.41. The van der Waals surface area contributed by atoms with Gasteiger partial charge < -0.3 is 14.5 Å². The topological polar surface area (TPSA) is 49.9 Å². The quantitative estimate of drug-likeness (QED) is 0.718. The van der Waals surface area contributed by atoms with E-state index in [1.807, 2.05) is 19.1 Å². The maximum Gasteiger partial charge on any atom is 0.257 e. The van der Waals surface area contributed by atoms with Crippen LogP contribution in [0.25, 0.3) is 0 Å². The number of piperazine rings is 1. The lowest BCUT2D eigenvalue weighted by Gasteiger charge is -2.35. The molecule has 2 aromatic rings. The zero-order valence-corrected chi connectivity index (χ0v) is 16.0. The normalized spacial score (nSPS) is 14.1. The molecular weight excluding hydrogens is 385 g/mol. The average Bonchev–Trinajstić information content (AvgIpc) is 2.73. The third-order valence-electron chi connectivity index (χ3n) is 4.77. The van der Waals surface area contributed by atoms with Gasteiger partial charge >= 0.3 is 0 Å². The van der Waals surface area contributed by atoms with E-state index in [0.717, 1.165) is 23.4 Å². The maximum atomic E-state index is 13.9. The van der Waals surface area contributed by atoms with E-state index in [4.69, 9.17) is 4.74 Å². The molecule has 0 aromatic heterocycles. The van der Waals surface area contributed by atoms with Gasteiger partial charge in [0.1, 0.15) is 5.75 Å². The van der Waals surface area contributed by atoms with E-state index in [1.54, 1.807) is 17.0 Å². The Labute approximate surface area is 166 Å². The zero-order chi connectivity index (χ0) is 21.0. The molecule has 1 fully saturated rings. The molecule has 0 N–H and O–H groups in total. The summed E-state index contributed by atoms with van der Waals surface area (Å²) < 4.78 is 45.7. The Morgan fingerprint density at radius 3 is 2.14 bits per heavy atom. The highest BCUT2D eigenvalue weighted by atomic mass is 19.2. The number of carbonyl (C=O) groups is 2. The van der Waals surface area contributed by atoms with E-state index in [0.29, 0.717) is 6.61 Å². The molecule has 8 heteroatoms. The van der Waals surface area contributed by atoms with Gasteiger partial charge in [-0.05, 0) is 36.8 Å². The molecule has 0 radical (unpaired) electrons. The monoisotopic (exact) mass is 406 g/mol. The minimum Gasteiger partial charge on any atom is -0.494 e. The van der Waals surface area contributed by atoms with E-state index in [1.165, 1.54) is 4.90 Å². The van der Waals surface area contributed by atoms with Crippen molar-refractivity contribution in [3.8, 4) is 5.75 Å². The third kappa shape index (κ3) is 4.70. The van der Waals surface area contributed by atoms with Crippen molar-refractivity contribution >= 4 is 11.8 Å². The molecular formula is C21H21F3N2O3. The first-order valence-electron chi connectivity index (χ1n) is 9.33. The van der Waals surface area contributed by atoms with E-state index >= 15 is 0 Å². The summed E-state index contributed by atoms with van der Waals surface area (Å²) in [6, 6.07) is 8.92. The molecule has 29 heavy (non-hydrogen) atoms. The minimum absolute atomic E-state index is 0.0831. The minimum atomic E-state index is -1.67. The van der Waals surface area contributed by atoms with Crippen molar-refractivity contribution in [1.82, 2.24) is 9.80 Å². The third-order valence-corrected chi connectivity index (χ3v) is 4.77. The van der Waals surface area contributed by atoms with Crippen LogP contribution in [-0.2, 0) is 11.2 Å². The predicted molar refractivity (Wildman–Crippen MR) is 100 cm³/mol. The van der Waals surface area contributed by atoms with Crippen molar-refractivity contribution in [2.45, 2.75) is 13.3 Å². The van der Waals surface area contributed by atoms with Gasteiger partial charge in [-0.3, -0.25) is 9.59 Å². The van der Waals surface area contributed by atoms with Gasteiger partial charge in [0.2, 0.25) is 5.91 Å². The lowest BCUT2D eigenvalue weighted by atomic mass is 10.1. The summed E-state index contributed by atoms with van der Waals surface area (Å²) in [7, 11) is 0. The molecule has 2 amide bonds.